The van der Waals surface area contributed by atoms with Crippen molar-refractivity contribution in [1.82, 2.24) is 0 Å². The van der Waals surface area contributed by atoms with Crippen molar-refractivity contribution < 1.29 is 18.1 Å². The van der Waals surface area contributed by atoms with Gasteiger partial charge in [0.05, 0.1) is 0 Å². The van der Waals surface area contributed by atoms with Crippen molar-refractivity contribution in [3.63, 3.8) is 0 Å². The molecule has 0 rings (SSSR count). The number of unbranched alkanes of at least 4 members (excludes halogenated alkanes) is 2. The molecule has 0 aromatic heterocycles. The molecule has 0 aromatic carbocycles. The Kier molecular flexibility index (Phi) is 5.94. The molecule has 2 N–H and O–H groups in total. The van der Waals surface area contributed by atoms with Crippen LogP contribution in [0.25, 0.3) is 0 Å². The number of hydrogen-bond donors (Lipinski definition) is 2. The van der Waals surface area contributed by atoms with Crippen LogP contribution in [0.5, 0.6) is 0 Å². The molecule has 1 unspecified atom stereocenters. The van der Waals surface area contributed by atoms with E-state index in [0.29, 0.717) is 6.42 Å². The van der Waals surface area contributed by atoms with Crippen LogP contribution in [0, 0.1) is 6.92 Å². The Bertz CT molecular complexity index is 243. The van der Waals surface area contributed by atoms with Gasteiger partial charge >= 0.3 is 0 Å². The van der Waals surface area contributed by atoms with E-state index in [2.05, 4.69) is 6.92 Å². The van der Waals surface area contributed by atoms with Crippen molar-refractivity contribution in [2.24, 2.45) is 0 Å². The Balaban J connectivity index is 3.55. The smallest absolute Gasteiger partial charge is 0.291 e. The van der Waals surface area contributed by atoms with Gasteiger partial charge in [0, 0.05) is 0 Å². The third-order valence-corrected chi connectivity index (χ3v) is 2.51. The molecule has 1 radical (unpaired) electrons. The van der Waals surface area contributed by atoms with Crippen LogP contribution in [0.4, 0.5) is 0 Å². The summed E-state index contributed by atoms with van der Waals surface area (Å²) in [6.45, 7) is 3.49. The third kappa shape index (κ3) is 6.74. The average Bonchev–Trinajstić information content (AvgIpc) is 2.02. The fourth-order valence-electron chi connectivity index (χ4n) is 0.848. The quantitative estimate of drug-likeness (QED) is 0.506. The van der Waals surface area contributed by atoms with Gasteiger partial charge in [0.15, 0.2) is 5.44 Å². The van der Waals surface area contributed by atoms with Gasteiger partial charge in [0.1, 0.15) is 0 Å². The minimum absolute atomic E-state index is 0.0732. The van der Waals surface area contributed by atoms with Crippen LogP contribution in [-0.4, -0.2) is 23.5 Å². The van der Waals surface area contributed by atoms with E-state index in [1.54, 1.807) is 6.08 Å². The van der Waals surface area contributed by atoms with E-state index in [9.17, 15) is 8.42 Å². The van der Waals surface area contributed by atoms with Crippen LogP contribution in [0.2, 0.25) is 0 Å². The van der Waals surface area contributed by atoms with Crippen LogP contribution in [0.15, 0.2) is 12.2 Å². The first kappa shape index (κ1) is 12.6. The molecule has 13 heavy (non-hydrogen) atoms. The van der Waals surface area contributed by atoms with Crippen molar-refractivity contribution >= 4 is 10.1 Å². The second-order valence-corrected chi connectivity index (χ2v) is 4.30. The van der Waals surface area contributed by atoms with E-state index >= 15 is 0 Å². The standard InChI is InChI=1S/C8H15O4S/c1-2-3-4-5-6-7-8(9)13(10,11)12/h2-3,8-9H,1,4-7H2,(H,10,11,12). The zero-order chi connectivity index (χ0) is 10.3. The number of aliphatic hydroxyl groups is 1. The molecule has 0 saturated carbocycles. The lowest BCUT2D eigenvalue weighted by atomic mass is 10.2. The zero-order valence-electron chi connectivity index (χ0n) is 7.39. The van der Waals surface area contributed by atoms with Gasteiger partial charge in [-0.1, -0.05) is 12.2 Å². The first-order valence-corrected chi connectivity index (χ1v) is 5.57. The number of allylic oxidation sites excluding steroid dienone is 2. The average molecular weight is 207 g/mol. The maximum Gasteiger partial charge on any atom is 0.291 e. The molecule has 0 aromatic rings. The summed E-state index contributed by atoms with van der Waals surface area (Å²) in [6, 6.07) is 0. The SMILES string of the molecule is [CH2]C=CCCCCC(O)S(=O)(=O)O. The van der Waals surface area contributed by atoms with Crippen LogP contribution in [0.3, 0.4) is 0 Å². The molecule has 0 amide bonds. The second-order valence-electron chi connectivity index (χ2n) is 2.73. The van der Waals surface area contributed by atoms with Crippen molar-refractivity contribution in [2.75, 3.05) is 0 Å². The third-order valence-electron chi connectivity index (χ3n) is 1.58. The lowest BCUT2D eigenvalue weighted by Gasteiger charge is -2.05. The Labute approximate surface area is 79.0 Å². The van der Waals surface area contributed by atoms with E-state index in [0.717, 1.165) is 12.8 Å². The normalized spacial score (nSPS) is 15.0. The predicted molar refractivity (Wildman–Crippen MR) is 50.5 cm³/mol. The molecule has 0 bridgehead atoms. The summed E-state index contributed by atoms with van der Waals surface area (Å²) in [5, 5.41) is 8.87. The summed E-state index contributed by atoms with van der Waals surface area (Å²) in [5.74, 6) is 0. The Morgan fingerprint density at radius 2 is 2.00 bits per heavy atom. The molecule has 0 heterocycles. The summed E-state index contributed by atoms with van der Waals surface area (Å²) in [7, 11) is -4.27. The van der Waals surface area contributed by atoms with E-state index in [1.165, 1.54) is 0 Å². The highest BCUT2D eigenvalue weighted by Crippen LogP contribution is 2.07. The van der Waals surface area contributed by atoms with E-state index in [1.807, 2.05) is 6.08 Å². The van der Waals surface area contributed by atoms with E-state index < -0.39 is 15.6 Å². The first-order chi connectivity index (χ1) is 5.98. The molecule has 0 aliphatic carbocycles. The van der Waals surface area contributed by atoms with E-state index in [-0.39, 0.29) is 6.42 Å². The molecular weight excluding hydrogens is 192 g/mol. The van der Waals surface area contributed by atoms with Crippen LogP contribution >= 0.6 is 0 Å². The van der Waals surface area contributed by atoms with E-state index in [4.69, 9.17) is 9.66 Å². The highest BCUT2D eigenvalue weighted by atomic mass is 32.2. The van der Waals surface area contributed by atoms with Crippen molar-refractivity contribution in [3.8, 4) is 0 Å². The highest BCUT2D eigenvalue weighted by Gasteiger charge is 2.17. The Morgan fingerprint density at radius 1 is 1.38 bits per heavy atom. The molecule has 4 nitrogen and oxygen atoms in total. The maximum absolute atomic E-state index is 10.3. The summed E-state index contributed by atoms with van der Waals surface area (Å²) >= 11 is 0. The van der Waals surface area contributed by atoms with Crippen LogP contribution < -0.4 is 0 Å². The van der Waals surface area contributed by atoms with Gasteiger partial charge in [0.2, 0.25) is 0 Å². The van der Waals surface area contributed by atoms with Gasteiger partial charge < -0.3 is 5.11 Å². The van der Waals surface area contributed by atoms with Crippen molar-refractivity contribution in [2.45, 2.75) is 31.1 Å². The Morgan fingerprint density at radius 3 is 2.46 bits per heavy atom. The molecule has 5 heteroatoms. The largest absolute Gasteiger partial charge is 0.375 e. The topological polar surface area (TPSA) is 74.6 Å². The summed E-state index contributed by atoms with van der Waals surface area (Å²) < 4.78 is 29.1. The van der Waals surface area contributed by atoms with Crippen LogP contribution in [0.1, 0.15) is 25.7 Å². The second kappa shape index (κ2) is 6.12. The van der Waals surface area contributed by atoms with Gasteiger partial charge in [-0.3, -0.25) is 4.55 Å². The Hall–Kier alpha value is -0.390. The number of hydrogen-bond acceptors (Lipinski definition) is 3. The summed E-state index contributed by atoms with van der Waals surface area (Å²) in [4.78, 5) is 0. The lowest BCUT2D eigenvalue weighted by molar-refractivity contribution is 0.220. The zero-order valence-corrected chi connectivity index (χ0v) is 8.20. The van der Waals surface area contributed by atoms with Crippen molar-refractivity contribution in [3.05, 3.63) is 19.1 Å². The first-order valence-electron chi connectivity index (χ1n) is 4.07. The highest BCUT2D eigenvalue weighted by molar-refractivity contribution is 7.86. The van der Waals surface area contributed by atoms with Crippen LogP contribution in [-0.2, 0) is 10.1 Å². The van der Waals surface area contributed by atoms with Crippen molar-refractivity contribution in [1.29, 1.82) is 0 Å². The maximum atomic E-state index is 10.3. The number of aliphatic hydroxyl groups excluding tert-OH is 1. The monoisotopic (exact) mass is 207 g/mol. The molecular formula is C8H15O4S. The van der Waals surface area contributed by atoms with Gasteiger partial charge in [-0.25, -0.2) is 0 Å². The molecule has 1 atom stereocenters. The van der Waals surface area contributed by atoms with Gasteiger partial charge in [-0.15, -0.1) is 0 Å². The van der Waals surface area contributed by atoms with Gasteiger partial charge in [0.25, 0.3) is 10.1 Å². The molecule has 0 saturated heterocycles. The van der Waals surface area contributed by atoms with Gasteiger partial charge in [-0.2, -0.15) is 8.42 Å². The summed E-state index contributed by atoms with van der Waals surface area (Å²) in [6.07, 6.45) is 5.74. The molecule has 0 aliphatic heterocycles. The molecule has 0 fully saturated rings. The fourth-order valence-corrected chi connectivity index (χ4v) is 1.31. The van der Waals surface area contributed by atoms with Gasteiger partial charge in [-0.05, 0) is 32.6 Å². The molecule has 0 aliphatic rings. The molecule has 0 spiro atoms. The molecule has 77 valence electrons. The lowest BCUT2D eigenvalue weighted by Crippen LogP contribution is -2.19. The number of rotatable bonds is 6. The minimum Gasteiger partial charge on any atom is -0.375 e. The fraction of sp³-hybridized carbons (Fsp3) is 0.625. The predicted octanol–water partition coefficient (Wildman–Crippen LogP) is 1.14. The minimum atomic E-state index is -4.27. The summed E-state index contributed by atoms with van der Waals surface area (Å²) in [5.41, 5.74) is -1.64.